The lowest BCUT2D eigenvalue weighted by atomic mass is 9.96. The number of aryl methyl sites for hydroxylation is 4. The van der Waals surface area contributed by atoms with Crippen LogP contribution in [0.5, 0.6) is 0 Å². The molecule has 0 aliphatic rings. The van der Waals surface area contributed by atoms with Crippen molar-refractivity contribution < 1.29 is 68.3 Å². The molecule has 0 bridgehead atoms. The second-order valence-corrected chi connectivity index (χ2v) is 35.0. The first kappa shape index (κ1) is 109. The largest absolute Gasteiger partial charge is 0.417 e. The van der Waals surface area contributed by atoms with Gasteiger partial charge in [-0.15, -0.1) is 0 Å². The van der Waals surface area contributed by atoms with Crippen LogP contribution in [-0.4, -0.2) is 35.4 Å². The average Bonchev–Trinajstić information content (AvgIpc) is 0.814. The van der Waals surface area contributed by atoms with Crippen LogP contribution in [-0.2, 0) is 44.2 Å². The number of rotatable bonds is 32. The molecule has 702 valence electrons. The van der Waals surface area contributed by atoms with Gasteiger partial charge >= 0.3 is 18.5 Å². The van der Waals surface area contributed by atoms with Gasteiger partial charge in [0.15, 0.2) is 0 Å². The van der Waals surface area contributed by atoms with Gasteiger partial charge in [0.25, 0.3) is 35.4 Å². The van der Waals surface area contributed by atoms with Crippen molar-refractivity contribution in [1.82, 2.24) is 0 Å². The normalized spacial score (nSPS) is 11.4. The van der Waals surface area contributed by atoms with E-state index < -0.39 is 52.9 Å². The number of amides is 6. The lowest BCUT2D eigenvalue weighted by Gasteiger charge is -2.17. The van der Waals surface area contributed by atoms with Gasteiger partial charge in [0.2, 0.25) is 0 Å². The van der Waals surface area contributed by atoms with E-state index >= 15 is 0 Å². The molecule has 0 aliphatic carbocycles. The summed E-state index contributed by atoms with van der Waals surface area (Å²) in [4.78, 5) is 74.2. The van der Waals surface area contributed by atoms with Crippen LogP contribution >= 0.6 is 67.8 Å². The van der Waals surface area contributed by atoms with Gasteiger partial charge in [0, 0.05) is 44.8 Å². The summed E-state index contributed by atoms with van der Waals surface area (Å²) in [5.74, 6) is -1.74. The lowest BCUT2D eigenvalue weighted by Crippen LogP contribution is -2.19. The van der Waals surface area contributed by atoms with Crippen LogP contribution in [0.15, 0.2) is 291 Å². The lowest BCUT2D eigenvalue weighted by molar-refractivity contribution is -0.138. The molecule has 6 amide bonds. The minimum atomic E-state index is -4.57. The van der Waals surface area contributed by atoms with Gasteiger partial charge in [0.1, 0.15) is 0 Å². The highest BCUT2D eigenvalue weighted by molar-refractivity contribution is 14.1. The number of unbranched alkanes of at least 4 members (excludes halogenated alkanes) is 8. The summed E-state index contributed by atoms with van der Waals surface area (Å²) in [6.07, 6.45) is 5.33. The van der Waals surface area contributed by atoms with Gasteiger partial charge in [-0.1, -0.05) is 289 Å². The number of anilines is 6. The van der Waals surface area contributed by atoms with Crippen molar-refractivity contribution >= 4 is 137 Å². The Morgan fingerprint density at radius 2 is 0.436 bits per heavy atom. The second-order valence-electron chi connectivity index (χ2n) is 31.5. The van der Waals surface area contributed by atoms with Gasteiger partial charge in [-0.05, 0) is 286 Å². The molecule has 12 nitrogen and oxygen atoms in total. The van der Waals surface area contributed by atoms with E-state index in [0.29, 0.717) is 28.5 Å². The Morgan fingerprint density at radius 1 is 0.241 bits per heavy atom. The van der Waals surface area contributed by atoms with Crippen molar-refractivity contribution in [2.24, 2.45) is 0 Å². The summed E-state index contributed by atoms with van der Waals surface area (Å²) < 4.78 is 120. The van der Waals surface area contributed by atoms with Gasteiger partial charge < -0.3 is 31.9 Å². The highest BCUT2D eigenvalue weighted by Gasteiger charge is 2.38. The summed E-state index contributed by atoms with van der Waals surface area (Å²) in [7, 11) is 0. The smallest absolute Gasteiger partial charge is 0.322 e. The van der Waals surface area contributed by atoms with Gasteiger partial charge in [0.05, 0.1) is 50.1 Å². The van der Waals surface area contributed by atoms with Crippen molar-refractivity contribution in [3.63, 3.8) is 0 Å². The number of hydrogen-bond acceptors (Lipinski definition) is 6. The summed E-state index contributed by atoms with van der Waals surface area (Å²) in [6.45, 7) is 16.9. The van der Waals surface area contributed by atoms with Crippen molar-refractivity contribution in [2.45, 2.75) is 201 Å². The van der Waals surface area contributed by atoms with Crippen LogP contribution in [0.1, 0.15) is 269 Å². The number of carbonyl (C=O) groups is 6. The maximum Gasteiger partial charge on any atom is 0.417 e. The van der Waals surface area contributed by atoms with Crippen molar-refractivity contribution in [3.05, 3.63) is 385 Å². The SMILES string of the molecule is CCC(C)c1ccccc1NC(=O)c1ccccc1C(F)(F)F.CCC(C)c1ccccc1NC(=O)c1ccccc1I.CCCCCCc1ccccc1NC(=O)c1ccccc1C(F)(F)F.CCCCCCc1ccccc1NC(=O)c1ccccc1I.CCCCc1ccccc1NC(=O)c1ccccc1C(F)(F)F.CCCCc1ccccc1NC(=O)c1ccccc1I. The molecule has 0 saturated carbocycles. The fraction of sp³-hybridized carbons (Fsp3) is 0.284. The molecule has 0 aromatic heterocycles. The molecule has 0 saturated heterocycles. The van der Waals surface area contributed by atoms with Crippen LogP contribution in [0.3, 0.4) is 0 Å². The number of benzene rings is 12. The zero-order chi connectivity index (χ0) is 96.9. The van der Waals surface area contributed by atoms with E-state index in [-0.39, 0.29) is 40.3 Å². The molecule has 0 fully saturated rings. The van der Waals surface area contributed by atoms with E-state index in [2.05, 4.69) is 159 Å². The fourth-order valence-electron chi connectivity index (χ4n) is 14.0. The number of carbonyl (C=O) groups excluding carboxylic acids is 6. The highest BCUT2D eigenvalue weighted by Crippen LogP contribution is 2.38. The second kappa shape index (κ2) is 56.9. The van der Waals surface area contributed by atoms with Gasteiger partial charge in [-0.25, -0.2) is 0 Å². The van der Waals surface area contributed by atoms with Gasteiger partial charge in [-0.2, -0.15) is 39.5 Å². The van der Waals surface area contributed by atoms with E-state index in [1.807, 2.05) is 178 Å². The number of halogens is 12. The molecular weight excluding hydrogens is 2040 g/mol. The molecule has 0 radical (unpaired) electrons. The Balaban J connectivity index is 0.000000218. The molecule has 0 aliphatic heterocycles. The van der Waals surface area contributed by atoms with E-state index in [1.165, 1.54) is 97.0 Å². The Morgan fingerprint density at radius 3 is 0.677 bits per heavy atom. The molecule has 12 aromatic rings. The maximum atomic E-state index is 13.1. The Labute approximate surface area is 817 Å². The van der Waals surface area contributed by atoms with Crippen molar-refractivity contribution in [2.75, 3.05) is 31.9 Å². The first-order chi connectivity index (χ1) is 63.8. The molecule has 2 unspecified atom stereocenters. The van der Waals surface area contributed by atoms with Crippen LogP contribution in [0.4, 0.5) is 73.6 Å². The van der Waals surface area contributed by atoms with E-state index in [4.69, 9.17) is 0 Å². The third kappa shape index (κ3) is 35.7. The quantitative estimate of drug-likeness (QED) is 0.0139. The van der Waals surface area contributed by atoms with E-state index in [0.717, 1.165) is 164 Å². The Kier molecular flexibility index (Phi) is 46.7. The summed E-state index contributed by atoms with van der Waals surface area (Å²) in [5, 5.41) is 17.0. The third-order valence-corrected chi connectivity index (χ3v) is 24.6. The monoisotopic (exact) mass is 2160 g/mol. The maximum absolute atomic E-state index is 13.1. The summed E-state index contributed by atoms with van der Waals surface area (Å²) in [5.41, 5.74) is 9.09. The third-order valence-electron chi connectivity index (χ3n) is 21.8. The zero-order valence-corrected chi connectivity index (χ0v) is 82.6. The first-order valence-corrected chi connectivity index (χ1v) is 48.1. The predicted octanol–water partition coefficient (Wildman–Crippen LogP) is 32.5. The zero-order valence-electron chi connectivity index (χ0n) is 76.1. The molecule has 12 aromatic carbocycles. The van der Waals surface area contributed by atoms with Crippen molar-refractivity contribution in [3.8, 4) is 0 Å². The van der Waals surface area contributed by atoms with Crippen molar-refractivity contribution in [1.29, 1.82) is 0 Å². The minimum absolute atomic E-state index is 0.0361. The molecule has 24 heteroatoms. The van der Waals surface area contributed by atoms with Crippen LogP contribution in [0.25, 0.3) is 0 Å². The Hall–Kier alpha value is -11.0. The van der Waals surface area contributed by atoms with Crippen LogP contribution in [0, 0.1) is 10.7 Å². The topological polar surface area (TPSA) is 175 Å². The summed E-state index contributed by atoms with van der Waals surface area (Å²) in [6, 6.07) is 83.1. The Bertz CT molecular complexity index is 5710. The summed E-state index contributed by atoms with van der Waals surface area (Å²) >= 11 is 6.57. The molecule has 6 N–H and O–H groups in total. The minimum Gasteiger partial charge on any atom is -0.322 e. The predicted molar refractivity (Wildman–Crippen MR) is 549 cm³/mol. The van der Waals surface area contributed by atoms with Gasteiger partial charge in [-0.3, -0.25) is 28.8 Å². The fourth-order valence-corrected chi connectivity index (χ4v) is 15.9. The molecule has 0 heterocycles. The standard InChI is InChI=1S/C20H22F3NO.C19H22INO.2C18H18F3NO.2C17H18INO/c1-2-3-4-5-10-15-11-6-9-14-18(15)24-19(25)16-12-7-8-13-17(16)20(21,22)23;1-2-3-4-5-10-15-11-6-9-14-18(15)21-19(22)16-12-7-8-13-17(16)20;1-3-12(2)13-8-5-7-11-16(13)22-17(23)14-9-4-6-10-15(14)18(19,20)21;1-2-3-8-13-9-4-7-12-16(13)22-17(23)14-10-5-6-11-15(14)18(19,20)21;1-3-12(2)13-8-5-7-11-16(13)19-17(20)14-9-4-6-10-15(14)18;1-2-3-8-13-9-4-7-12-16(13)19-17(20)14-10-5-6-11-15(14)18/h6-9,11-14H,2-5,10H2,1H3,(H,24,25);6-9,11-14H,2-5,10H2,1H3,(H,21,22);4-12H,3H2,1-2H3,(H,22,23);4-7,9-12H,2-3,8H2,1H3,(H,22,23);4-12H,3H2,1-2H3,(H,19,20);4-7,9-12H,2-3,8H2,1H3,(H,19,20). The van der Waals surface area contributed by atoms with Crippen LogP contribution in [0.2, 0.25) is 0 Å². The molecule has 133 heavy (non-hydrogen) atoms. The molecule has 2 atom stereocenters. The average molecular weight is 2160 g/mol. The number of alkyl halides is 9. The number of nitrogens with one attached hydrogen (secondary N) is 6. The molecule has 0 spiro atoms. The first-order valence-electron chi connectivity index (χ1n) is 44.9. The van der Waals surface area contributed by atoms with Crippen LogP contribution < -0.4 is 31.9 Å². The number of hydrogen-bond donors (Lipinski definition) is 6. The number of para-hydroxylation sites is 6. The molecular formula is C109H116F9I3N6O6. The van der Waals surface area contributed by atoms with E-state index in [1.54, 1.807) is 36.4 Å². The van der Waals surface area contributed by atoms with E-state index in [9.17, 15) is 68.3 Å². The molecule has 12 rings (SSSR count). The highest BCUT2D eigenvalue weighted by atomic mass is 127.